The van der Waals surface area contributed by atoms with Crippen molar-refractivity contribution >= 4 is 18.2 Å². The number of hydrogen-bond donors (Lipinski definition) is 0. The molecule has 0 unspecified atom stereocenters. The average Bonchev–Trinajstić information content (AvgIpc) is 1.66. The van der Waals surface area contributed by atoms with Crippen LogP contribution in [0.4, 0.5) is 8.78 Å². The fraction of sp³-hybridized carbons (Fsp3) is 0.667. The molecule has 2 nitrogen and oxygen atoms in total. The highest BCUT2D eigenvalue weighted by Gasteiger charge is 2.00. The molecule has 0 N–H and O–H groups in total. The Bertz CT molecular complexity index is 68.3. The van der Waals surface area contributed by atoms with E-state index < -0.39 is 5.76 Å². The van der Waals surface area contributed by atoms with Gasteiger partial charge in [-0.05, 0) is 0 Å². The minimum Gasteiger partial charge on any atom is -0.446 e. The first-order valence-electron chi connectivity index (χ1n) is 1.66. The zero-order valence-electron chi connectivity index (χ0n) is 3.77. The van der Waals surface area contributed by atoms with Gasteiger partial charge >= 0.3 is 6.47 Å². The van der Waals surface area contributed by atoms with Crippen molar-refractivity contribution in [3.63, 3.8) is 0 Å². The summed E-state index contributed by atoms with van der Waals surface area (Å²) < 4.78 is 26.0. The lowest BCUT2D eigenvalue weighted by molar-refractivity contribution is 0.246. The summed E-state index contributed by atoms with van der Waals surface area (Å²) in [5.74, 6) is -2.82. The SMILES string of the molecule is O=[C]OCSC(F)F. The van der Waals surface area contributed by atoms with Crippen LogP contribution in [0.5, 0.6) is 0 Å². The van der Waals surface area contributed by atoms with Crippen LogP contribution in [-0.4, -0.2) is 18.2 Å². The van der Waals surface area contributed by atoms with Crippen LogP contribution in [0.2, 0.25) is 0 Å². The van der Waals surface area contributed by atoms with E-state index in [0.29, 0.717) is 0 Å². The number of thioether (sulfide) groups is 1. The van der Waals surface area contributed by atoms with Crippen molar-refractivity contribution in [2.45, 2.75) is 5.76 Å². The van der Waals surface area contributed by atoms with E-state index in [9.17, 15) is 13.6 Å². The second-order valence-corrected chi connectivity index (χ2v) is 1.70. The fourth-order valence-electron chi connectivity index (χ4n) is 0.110. The number of halogens is 2. The van der Waals surface area contributed by atoms with Crippen molar-refractivity contribution in [2.75, 3.05) is 5.94 Å². The highest BCUT2D eigenvalue weighted by atomic mass is 32.2. The molecule has 8 heavy (non-hydrogen) atoms. The predicted molar refractivity (Wildman–Crippen MR) is 25.2 cm³/mol. The van der Waals surface area contributed by atoms with Crippen LogP contribution in [0.15, 0.2) is 0 Å². The maximum absolute atomic E-state index is 11.1. The molecule has 0 aromatic heterocycles. The van der Waals surface area contributed by atoms with Crippen LogP contribution in [0.25, 0.3) is 0 Å². The maximum atomic E-state index is 11.1. The molecule has 0 aromatic carbocycles. The number of ether oxygens (including phenoxy) is 1. The minimum absolute atomic E-state index is 0.238. The minimum atomic E-state index is -2.48. The van der Waals surface area contributed by atoms with Gasteiger partial charge in [-0.15, -0.1) is 0 Å². The van der Waals surface area contributed by atoms with Gasteiger partial charge in [0.25, 0.3) is 5.76 Å². The van der Waals surface area contributed by atoms with E-state index in [1.807, 2.05) is 0 Å². The van der Waals surface area contributed by atoms with Gasteiger partial charge in [-0.1, -0.05) is 11.8 Å². The van der Waals surface area contributed by atoms with Crippen molar-refractivity contribution in [1.29, 1.82) is 0 Å². The van der Waals surface area contributed by atoms with Gasteiger partial charge < -0.3 is 4.74 Å². The highest BCUT2D eigenvalue weighted by molar-refractivity contribution is 7.99. The van der Waals surface area contributed by atoms with E-state index >= 15 is 0 Å². The Morgan fingerprint density at radius 3 is 2.75 bits per heavy atom. The van der Waals surface area contributed by atoms with Crippen LogP contribution in [0.3, 0.4) is 0 Å². The van der Waals surface area contributed by atoms with E-state index in [1.165, 1.54) is 0 Å². The zero-order chi connectivity index (χ0) is 6.41. The third kappa shape index (κ3) is 5.68. The summed E-state index contributed by atoms with van der Waals surface area (Å²) in [7, 11) is 0. The van der Waals surface area contributed by atoms with Gasteiger partial charge in [0.15, 0.2) is 0 Å². The monoisotopic (exact) mass is 141 g/mol. The van der Waals surface area contributed by atoms with Gasteiger partial charge in [-0.3, -0.25) is 0 Å². The number of alkyl halides is 2. The fourth-order valence-corrected chi connectivity index (χ4v) is 0.329. The molecule has 0 atom stereocenters. The smallest absolute Gasteiger partial charge is 0.418 e. The summed E-state index contributed by atoms with van der Waals surface area (Å²) in [5.41, 5.74) is 0. The molecule has 47 valence electrons. The molecule has 0 heterocycles. The Morgan fingerprint density at radius 2 is 2.38 bits per heavy atom. The molecule has 0 saturated carbocycles. The molecular weight excluding hydrogens is 138 g/mol. The number of hydrogen-bond acceptors (Lipinski definition) is 3. The van der Waals surface area contributed by atoms with Crippen LogP contribution in [-0.2, 0) is 9.53 Å². The van der Waals surface area contributed by atoms with Crippen LogP contribution < -0.4 is 0 Å². The number of rotatable bonds is 4. The first kappa shape index (κ1) is 7.68. The number of carbonyl (C=O) groups excluding carboxylic acids is 1. The Labute approximate surface area is 49.2 Å². The molecule has 0 amide bonds. The summed E-state index contributed by atoms with van der Waals surface area (Å²) in [6.45, 7) is 1.02. The van der Waals surface area contributed by atoms with E-state index in [2.05, 4.69) is 4.74 Å². The summed E-state index contributed by atoms with van der Waals surface area (Å²) >= 11 is 0.238. The Morgan fingerprint density at radius 1 is 1.75 bits per heavy atom. The van der Waals surface area contributed by atoms with Gasteiger partial charge in [-0.2, -0.15) is 8.78 Å². The second kappa shape index (κ2) is 4.83. The maximum Gasteiger partial charge on any atom is 0.418 e. The third-order valence-corrected chi connectivity index (χ3v) is 0.818. The molecular formula is C3H3F2O2S. The van der Waals surface area contributed by atoms with Gasteiger partial charge in [0.05, 0.1) is 0 Å². The molecule has 0 spiro atoms. The van der Waals surface area contributed by atoms with Crippen LogP contribution in [0.1, 0.15) is 0 Å². The second-order valence-electron chi connectivity index (χ2n) is 0.773. The van der Waals surface area contributed by atoms with Gasteiger partial charge in [0.2, 0.25) is 0 Å². The van der Waals surface area contributed by atoms with Crippen molar-refractivity contribution in [2.24, 2.45) is 0 Å². The molecule has 0 bridgehead atoms. The molecule has 1 radical (unpaired) electrons. The Kier molecular flexibility index (Phi) is 4.64. The quantitative estimate of drug-likeness (QED) is 0.431. The predicted octanol–water partition coefficient (Wildman–Crippen LogP) is 0.984. The largest absolute Gasteiger partial charge is 0.446 e. The molecule has 0 aliphatic heterocycles. The lowest BCUT2D eigenvalue weighted by atomic mass is 11.5. The molecule has 5 heteroatoms. The molecule has 0 aromatic rings. The van der Waals surface area contributed by atoms with Crippen LogP contribution in [0, 0.1) is 0 Å². The van der Waals surface area contributed by atoms with E-state index in [1.54, 1.807) is 0 Å². The summed E-state index contributed by atoms with van der Waals surface area (Å²) in [6, 6.07) is 0. The molecule has 0 fully saturated rings. The third-order valence-electron chi connectivity index (χ3n) is 0.312. The van der Waals surface area contributed by atoms with E-state index in [4.69, 9.17) is 0 Å². The highest BCUT2D eigenvalue weighted by Crippen LogP contribution is 2.11. The van der Waals surface area contributed by atoms with Crippen molar-refractivity contribution < 1.29 is 18.3 Å². The summed E-state index contributed by atoms with van der Waals surface area (Å²) in [6.07, 6.45) is 0. The van der Waals surface area contributed by atoms with Crippen molar-refractivity contribution in [3.05, 3.63) is 0 Å². The lowest BCUT2D eigenvalue weighted by Crippen LogP contribution is -1.89. The average molecular weight is 141 g/mol. The first-order valence-corrected chi connectivity index (χ1v) is 2.71. The van der Waals surface area contributed by atoms with Crippen molar-refractivity contribution in [3.8, 4) is 0 Å². The topological polar surface area (TPSA) is 26.3 Å². The zero-order valence-corrected chi connectivity index (χ0v) is 4.58. The van der Waals surface area contributed by atoms with E-state index in [0.717, 1.165) is 6.47 Å². The molecule has 0 saturated heterocycles. The van der Waals surface area contributed by atoms with Gasteiger partial charge in [-0.25, -0.2) is 4.79 Å². The Hall–Kier alpha value is -0.320. The summed E-state index contributed by atoms with van der Waals surface area (Å²) in [5, 5.41) is 0. The molecule has 0 aliphatic carbocycles. The van der Waals surface area contributed by atoms with Gasteiger partial charge in [0, 0.05) is 0 Å². The van der Waals surface area contributed by atoms with Crippen molar-refractivity contribution in [1.82, 2.24) is 0 Å². The van der Waals surface area contributed by atoms with Gasteiger partial charge in [0.1, 0.15) is 5.94 Å². The molecule has 0 rings (SSSR count). The first-order chi connectivity index (χ1) is 3.77. The summed E-state index contributed by atoms with van der Waals surface area (Å²) in [4.78, 5) is 9.18. The standard InChI is InChI=1S/C3H3F2O2S/c4-3(5)8-2-7-1-6/h3H,2H2. The molecule has 0 aliphatic rings. The normalized spacial score (nSPS) is 9.38. The lowest BCUT2D eigenvalue weighted by Gasteiger charge is -1.93. The van der Waals surface area contributed by atoms with Crippen LogP contribution >= 0.6 is 11.8 Å². The Balaban J connectivity index is 2.81. The van der Waals surface area contributed by atoms with E-state index in [-0.39, 0.29) is 17.7 Å².